The van der Waals surface area contributed by atoms with Gasteiger partial charge in [-0.3, -0.25) is 0 Å². The molecule has 1 saturated carbocycles. The molecule has 0 aromatic carbocycles. The third-order valence-corrected chi connectivity index (χ3v) is 3.03. The van der Waals surface area contributed by atoms with Crippen molar-refractivity contribution < 1.29 is 4.74 Å². The lowest BCUT2D eigenvalue weighted by Crippen LogP contribution is -2.37. The highest BCUT2D eigenvalue weighted by atomic mass is 16.5. The third kappa shape index (κ3) is 1.99. The van der Waals surface area contributed by atoms with E-state index >= 15 is 0 Å². The van der Waals surface area contributed by atoms with Crippen molar-refractivity contribution in [3.8, 4) is 0 Å². The van der Waals surface area contributed by atoms with E-state index < -0.39 is 0 Å². The monoisotopic (exact) mass is 171 g/mol. The Morgan fingerprint density at radius 3 is 2.50 bits per heavy atom. The molecule has 0 aromatic heterocycles. The molecule has 12 heavy (non-hydrogen) atoms. The summed E-state index contributed by atoms with van der Waals surface area (Å²) in [5, 5.41) is 0. The largest absolute Gasteiger partial charge is 0.384 e. The second kappa shape index (κ2) is 4.24. The number of hydrogen-bond donors (Lipinski definition) is 1. The maximum absolute atomic E-state index is 5.84. The molecule has 1 aliphatic rings. The van der Waals surface area contributed by atoms with Gasteiger partial charge in [0.1, 0.15) is 0 Å². The van der Waals surface area contributed by atoms with Crippen molar-refractivity contribution in [3.63, 3.8) is 0 Å². The van der Waals surface area contributed by atoms with E-state index in [0.717, 1.165) is 19.1 Å². The zero-order valence-electron chi connectivity index (χ0n) is 8.31. The maximum Gasteiger partial charge on any atom is 0.0533 e. The summed E-state index contributed by atoms with van der Waals surface area (Å²) < 4.78 is 5.27. The summed E-state index contributed by atoms with van der Waals surface area (Å²) in [6.45, 7) is 3.86. The first-order valence-electron chi connectivity index (χ1n) is 4.98. The fraction of sp³-hybridized carbons (Fsp3) is 1.00. The molecular weight excluding hydrogens is 150 g/mol. The van der Waals surface area contributed by atoms with Crippen molar-refractivity contribution >= 4 is 0 Å². The molecule has 0 aliphatic heterocycles. The maximum atomic E-state index is 5.84. The van der Waals surface area contributed by atoms with Gasteiger partial charge < -0.3 is 10.5 Å². The van der Waals surface area contributed by atoms with Gasteiger partial charge >= 0.3 is 0 Å². The lowest BCUT2D eigenvalue weighted by Gasteiger charge is -2.31. The summed E-state index contributed by atoms with van der Waals surface area (Å²) >= 11 is 0. The highest BCUT2D eigenvalue weighted by Crippen LogP contribution is 2.47. The summed E-state index contributed by atoms with van der Waals surface area (Å²) in [6.07, 6.45) is 5.17. The van der Waals surface area contributed by atoms with Crippen LogP contribution in [-0.4, -0.2) is 20.3 Å². The lowest BCUT2D eigenvalue weighted by molar-refractivity contribution is 0.0601. The third-order valence-electron chi connectivity index (χ3n) is 3.03. The summed E-state index contributed by atoms with van der Waals surface area (Å²) in [5.41, 5.74) is 6.15. The van der Waals surface area contributed by atoms with Crippen LogP contribution in [0.5, 0.6) is 0 Å². The van der Waals surface area contributed by atoms with Gasteiger partial charge in [0.2, 0.25) is 0 Å². The molecule has 2 heteroatoms. The lowest BCUT2D eigenvalue weighted by atomic mass is 9.79. The second-order valence-corrected chi connectivity index (χ2v) is 4.02. The van der Waals surface area contributed by atoms with Gasteiger partial charge in [-0.25, -0.2) is 0 Å². The van der Waals surface area contributed by atoms with Crippen molar-refractivity contribution in [2.24, 2.45) is 17.1 Å². The van der Waals surface area contributed by atoms with Crippen LogP contribution in [-0.2, 0) is 4.74 Å². The predicted molar refractivity (Wildman–Crippen MR) is 51.0 cm³/mol. The molecule has 0 saturated heterocycles. The summed E-state index contributed by atoms with van der Waals surface area (Å²) in [7, 11) is 1.78. The molecular formula is C10H21NO. The molecule has 1 fully saturated rings. The van der Waals surface area contributed by atoms with E-state index in [1.165, 1.54) is 25.7 Å². The van der Waals surface area contributed by atoms with Crippen molar-refractivity contribution in [2.75, 3.05) is 20.3 Å². The minimum absolute atomic E-state index is 0.309. The molecule has 2 N–H and O–H groups in total. The first-order valence-corrected chi connectivity index (χ1v) is 4.98. The van der Waals surface area contributed by atoms with E-state index in [0.29, 0.717) is 5.41 Å². The highest BCUT2D eigenvalue weighted by molar-refractivity contribution is 4.94. The Kier molecular flexibility index (Phi) is 3.53. The topological polar surface area (TPSA) is 35.2 Å². The van der Waals surface area contributed by atoms with E-state index in [2.05, 4.69) is 6.92 Å². The zero-order chi connectivity index (χ0) is 9.03. The van der Waals surface area contributed by atoms with Gasteiger partial charge in [-0.1, -0.05) is 13.3 Å². The fourth-order valence-electron chi connectivity index (χ4n) is 2.20. The Morgan fingerprint density at radius 2 is 2.17 bits per heavy atom. The van der Waals surface area contributed by atoms with Gasteiger partial charge in [-0.2, -0.15) is 0 Å². The van der Waals surface area contributed by atoms with Crippen LogP contribution < -0.4 is 5.73 Å². The molecule has 0 bridgehead atoms. The Morgan fingerprint density at radius 1 is 1.50 bits per heavy atom. The van der Waals surface area contributed by atoms with Gasteiger partial charge in [-0.15, -0.1) is 0 Å². The van der Waals surface area contributed by atoms with Gasteiger partial charge in [0.15, 0.2) is 0 Å². The number of rotatable bonds is 6. The van der Waals surface area contributed by atoms with Crippen LogP contribution in [0.25, 0.3) is 0 Å². The average Bonchev–Trinajstić information content (AvgIpc) is 2.86. The summed E-state index contributed by atoms with van der Waals surface area (Å²) in [6, 6.07) is 0. The predicted octanol–water partition coefficient (Wildman–Crippen LogP) is 1.79. The van der Waals surface area contributed by atoms with Gasteiger partial charge in [0, 0.05) is 19.1 Å². The van der Waals surface area contributed by atoms with Crippen LogP contribution in [0.2, 0.25) is 0 Å². The molecule has 0 aromatic rings. The zero-order valence-corrected chi connectivity index (χ0v) is 8.31. The number of methoxy groups -OCH3 is 1. The first-order chi connectivity index (χ1) is 5.79. The normalized spacial score (nSPS) is 22.2. The fourth-order valence-corrected chi connectivity index (χ4v) is 2.20. The van der Waals surface area contributed by atoms with Gasteiger partial charge in [0.25, 0.3) is 0 Å². The highest BCUT2D eigenvalue weighted by Gasteiger charge is 2.43. The number of nitrogens with two attached hydrogens (primary N) is 1. The Hall–Kier alpha value is -0.0800. The van der Waals surface area contributed by atoms with Crippen LogP contribution in [0, 0.1) is 11.3 Å². The van der Waals surface area contributed by atoms with E-state index in [1.807, 2.05) is 0 Å². The van der Waals surface area contributed by atoms with E-state index in [4.69, 9.17) is 10.5 Å². The van der Waals surface area contributed by atoms with Crippen LogP contribution in [0.3, 0.4) is 0 Å². The van der Waals surface area contributed by atoms with Crippen molar-refractivity contribution in [2.45, 2.75) is 32.6 Å². The smallest absolute Gasteiger partial charge is 0.0533 e. The van der Waals surface area contributed by atoms with Crippen LogP contribution in [0.1, 0.15) is 32.6 Å². The van der Waals surface area contributed by atoms with Crippen LogP contribution in [0.15, 0.2) is 0 Å². The van der Waals surface area contributed by atoms with Gasteiger partial charge in [0.05, 0.1) is 6.61 Å². The minimum Gasteiger partial charge on any atom is -0.384 e. The van der Waals surface area contributed by atoms with Crippen LogP contribution in [0.4, 0.5) is 0 Å². The van der Waals surface area contributed by atoms with Gasteiger partial charge in [-0.05, 0) is 25.2 Å². The van der Waals surface area contributed by atoms with Crippen molar-refractivity contribution in [3.05, 3.63) is 0 Å². The first kappa shape index (κ1) is 10.0. The summed E-state index contributed by atoms with van der Waals surface area (Å²) in [5.74, 6) is 0.849. The molecule has 0 amide bonds. The Labute approximate surface area is 75.5 Å². The molecule has 0 heterocycles. The van der Waals surface area contributed by atoms with Crippen molar-refractivity contribution in [1.82, 2.24) is 0 Å². The molecule has 72 valence electrons. The summed E-state index contributed by atoms with van der Waals surface area (Å²) in [4.78, 5) is 0. The molecule has 0 radical (unpaired) electrons. The van der Waals surface area contributed by atoms with Crippen LogP contribution >= 0.6 is 0 Å². The van der Waals surface area contributed by atoms with E-state index in [-0.39, 0.29) is 0 Å². The number of hydrogen-bond acceptors (Lipinski definition) is 2. The molecule has 2 nitrogen and oxygen atoms in total. The van der Waals surface area contributed by atoms with Crippen molar-refractivity contribution in [1.29, 1.82) is 0 Å². The molecule has 1 aliphatic carbocycles. The Bertz CT molecular complexity index is 126. The SMILES string of the molecule is CCCC(CN)(COC)C1CC1. The average molecular weight is 171 g/mol. The molecule has 0 spiro atoms. The second-order valence-electron chi connectivity index (χ2n) is 4.02. The minimum atomic E-state index is 0.309. The molecule has 1 atom stereocenters. The quantitative estimate of drug-likeness (QED) is 0.661. The number of ether oxygens (including phenoxy) is 1. The molecule has 1 rings (SSSR count). The van der Waals surface area contributed by atoms with E-state index in [9.17, 15) is 0 Å². The standard InChI is InChI=1S/C10H21NO/c1-3-6-10(7-11,8-12-2)9-4-5-9/h9H,3-8,11H2,1-2H3. The Balaban J connectivity index is 2.51. The van der Waals surface area contributed by atoms with E-state index in [1.54, 1.807) is 7.11 Å². The molecule has 1 unspecified atom stereocenters.